The molecular formula is C13H20N2O3. The van der Waals surface area contributed by atoms with Crippen molar-refractivity contribution in [2.45, 2.75) is 19.8 Å². The molecule has 1 aromatic rings. The molecule has 0 radical (unpaired) electrons. The number of methoxy groups -OCH3 is 2. The van der Waals surface area contributed by atoms with Gasteiger partial charge in [0.05, 0.1) is 14.2 Å². The maximum absolute atomic E-state index is 11.5. The van der Waals surface area contributed by atoms with E-state index in [0.29, 0.717) is 12.8 Å². The lowest BCUT2D eigenvalue weighted by atomic mass is 10.0. The van der Waals surface area contributed by atoms with Gasteiger partial charge in [-0.05, 0) is 36.6 Å². The lowest BCUT2D eigenvalue weighted by Crippen LogP contribution is -2.33. The Morgan fingerprint density at radius 2 is 1.89 bits per heavy atom. The van der Waals surface area contributed by atoms with Gasteiger partial charge in [-0.1, -0.05) is 0 Å². The zero-order valence-corrected chi connectivity index (χ0v) is 11.3. The summed E-state index contributed by atoms with van der Waals surface area (Å²) in [5.74, 6) is 6.82. The first-order valence-electron chi connectivity index (χ1n) is 5.72. The lowest BCUT2D eigenvalue weighted by molar-refractivity contribution is -0.130. The molecule has 0 atom stereocenters. The summed E-state index contributed by atoms with van der Waals surface area (Å²) < 4.78 is 10.6. The predicted octanol–water partition coefficient (Wildman–Crippen LogP) is 1.28. The van der Waals surface area contributed by atoms with Gasteiger partial charge < -0.3 is 9.47 Å². The number of nitrogens with zero attached hydrogens (tertiary/aromatic N) is 1. The molecule has 1 rings (SSSR count). The van der Waals surface area contributed by atoms with E-state index in [2.05, 4.69) is 0 Å². The van der Waals surface area contributed by atoms with Crippen LogP contribution in [-0.2, 0) is 11.2 Å². The van der Waals surface area contributed by atoms with Crippen LogP contribution in [0.2, 0.25) is 0 Å². The summed E-state index contributed by atoms with van der Waals surface area (Å²) in [5.41, 5.74) is 1.94. The van der Waals surface area contributed by atoms with Crippen LogP contribution in [0.4, 0.5) is 0 Å². The van der Waals surface area contributed by atoms with E-state index in [1.807, 2.05) is 19.1 Å². The Hall–Kier alpha value is -1.75. The lowest BCUT2D eigenvalue weighted by Gasteiger charge is -2.14. The molecule has 0 saturated carbocycles. The molecule has 0 spiro atoms. The van der Waals surface area contributed by atoms with Crippen LogP contribution in [0.25, 0.3) is 0 Å². The van der Waals surface area contributed by atoms with E-state index in [0.717, 1.165) is 27.6 Å². The first-order valence-corrected chi connectivity index (χ1v) is 5.72. The molecule has 0 aliphatic carbocycles. The van der Waals surface area contributed by atoms with Gasteiger partial charge >= 0.3 is 0 Å². The second-order valence-electron chi connectivity index (χ2n) is 4.14. The molecule has 0 aliphatic rings. The Bertz CT molecular complexity index is 430. The third-order valence-electron chi connectivity index (χ3n) is 2.80. The maximum atomic E-state index is 11.5. The van der Waals surface area contributed by atoms with Crippen molar-refractivity contribution < 1.29 is 14.3 Å². The summed E-state index contributed by atoms with van der Waals surface area (Å²) in [6.07, 6.45) is 0.912. The molecule has 2 N–H and O–H groups in total. The highest BCUT2D eigenvalue weighted by Crippen LogP contribution is 2.29. The summed E-state index contributed by atoms with van der Waals surface area (Å²) in [6, 6.07) is 3.81. The maximum Gasteiger partial charge on any atom is 0.236 e. The van der Waals surface area contributed by atoms with Gasteiger partial charge in [0.25, 0.3) is 0 Å². The molecule has 0 fully saturated rings. The van der Waals surface area contributed by atoms with E-state index in [-0.39, 0.29) is 5.91 Å². The zero-order valence-electron chi connectivity index (χ0n) is 11.3. The number of carbonyl (C=O) groups is 1. The largest absolute Gasteiger partial charge is 0.496 e. The quantitative estimate of drug-likeness (QED) is 0.487. The standard InChI is InChI=1S/C13H20N2O3/c1-9-7-12(18-4)10(8-11(9)17-3)5-6-13(16)15(2)14/h7-8H,5-6,14H2,1-4H3. The van der Waals surface area contributed by atoms with E-state index in [4.69, 9.17) is 15.3 Å². The van der Waals surface area contributed by atoms with Crippen LogP contribution in [0, 0.1) is 6.92 Å². The van der Waals surface area contributed by atoms with Gasteiger partial charge in [0.15, 0.2) is 0 Å². The molecular weight excluding hydrogens is 232 g/mol. The van der Waals surface area contributed by atoms with Crippen molar-refractivity contribution in [2.24, 2.45) is 5.84 Å². The normalized spacial score (nSPS) is 10.1. The molecule has 100 valence electrons. The Morgan fingerprint density at radius 1 is 1.28 bits per heavy atom. The molecule has 1 amide bonds. The molecule has 1 aromatic carbocycles. The minimum atomic E-state index is -0.114. The summed E-state index contributed by atoms with van der Waals surface area (Å²) in [7, 11) is 4.77. The Balaban J connectivity index is 2.89. The van der Waals surface area contributed by atoms with Crippen LogP contribution in [0.1, 0.15) is 17.5 Å². The smallest absolute Gasteiger partial charge is 0.236 e. The minimum absolute atomic E-state index is 0.114. The summed E-state index contributed by atoms with van der Waals surface area (Å²) in [5, 5.41) is 1.10. The van der Waals surface area contributed by atoms with Crippen molar-refractivity contribution in [2.75, 3.05) is 21.3 Å². The van der Waals surface area contributed by atoms with Crippen LogP contribution >= 0.6 is 0 Å². The molecule has 5 nitrogen and oxygen atoms in total. The molecule has 5 heteroatoms. The SMILES string of the molecule is COc1cc(CCC(=O)N(C)N)c(OC)cc1C. The number of ether oxygens (including phenoxy) is 2. The zero-order chi connectivity index (χ0) is 13.7. The van der Waals surface area contributed by atoms with Gasteiger partial charge in [0, 0.05) is 13.5 Å². The topological polar surface area (TPSA) is 64.8 Å². The number of carbonyl (C=O) groups excluding carboxylic acids is 1. The highest BCUT2D eigenvalue weighted by Gasteiger charge is 2.11. The first kappa shape index (κ1) is 14.3. The van der Waals surface area contributed by atoms with Gasteiger partial charge in [-0.2, -0.15) is 0 Å². The van der Waals surface area contributed by atoms with Crippen molar-refractivity contribution in [3.63, 3.8) is 0 Å². The van der Waals surface area contributed by atoms with Crippen molar-refractivity contribution in [3.8, 4) is 11.5 Å². The Morgan fingerprint density at radius 3 is 2.39 bits per heavy atom. The predicted molar refractivity (Wildman–Crippen MR) is 69.6 cm³/mol. The third-order valence-corrected chi connectivity index (χ3v) is 2.80. The second kappa shape index (κ2) is 6.26. The van der Waals surface area contributed by atoms with Crippen molar-refractivity contribution in [1.82, 2.24) is 5.01 Å². The van der Waals surface area contributed by atoms with Gasteiger partial charge in [-0.3, -0.25) is 9.80 Å². The number of rotatable bonds is 5. The highest BCUT2D eigenvalue weighted by molar-refractivity contribution is 5.75. The van der Waals surface area contributed by atoms with Crippen molar-refractivity contribution >= 4 is 5.91 Å². The average molecular weight is 252 g/mol. The minimum Gasteiger partial charge on any atom is -0.496 e. The fourth-order valence-electron chi connectivity index (χ4n) is 1.73. The van der Waals surface area contributed by atoms with Gasteiger partial charge in [-0.25, -0.2) is 5.84 Å². The van der Waals surface area contributed by atoms with Crippen LogP contribution in [-0.4, -0.2) is 32.2 Å². The van der Waals surface area contributed by atoms with Crippen LogP contribution < -0.4 is 15.3 Å². The van der Waals surface area contributed by atoms with E-state index < -0.39 is 0 Å². The van der Waals surface area contributed by atoms with Crippen LogP contribution in [0.5, 0.6) is 11.5 Å². The molecule has 0 bridgehead atoms. The number of aryl methyl sites for hydroxylation is 2. The average Bonchev–Trinajstić information content (AvgIpc) is 2.36. The fourth-order valence-corrected chi connectivity index (χ4v) is 1.73. The Kier molecular flexibility index (Phi) is 4.97. The number of hydrogen-bond donors (Lipinski definition) is 1. The van der Waals surface area contributed by atoms with Gasteiger partial charge in [0.1, 0.15) is 11.5 Å². The summed E-state index contributed by atoms with van der Waals surface area (Å²) in [4.78, 5) is 11.5. The van der Waals surface area contributed by atoms with E-state index in [9.17, 15) is 4.79 Å². The van der Waals surface area contributed by atoms with Gasteiger partial charge in [0.2, 0.25) is 5.91 Å². The first-order chi connectivity index (χ1) is 8.49. The molecule has 0 saturated heterocycles. The molecule has 0 aromatic heterocycles. The molecule has 18 heavy (non-hydrogen) atoms. The molecule has 0 heterocycles. The summed E-state index contributed by atoms with van der Waals surface area (Å²) in [6.45, 7) is 1.95. The highest BCUT2D eigenvalue weighted by atomic mass is 16.5. The monoisotopic (exact) mass is 252 g/mol. The number of hydrazine groups is 1. The van der Waals surface area contributed by atoms with E-state index in [1.165, 1.54) is 7.05 Å². The van der Waals surface area contributed by atoms with Crippen LogP contribution in [0.15, 0.2) is 12.1 Å². The number of hydrogen-bond acceptors (Lipinski definition) is 4. The Labute approximate surface area is 107 Å². The van der Waals surface area contributed by atoms with E-state index in [1.54, 1.807) is 14.2 Å². The number of amides is 1. The van der Waals surface area contributed by atoms with Crippen molar-refractivity contribution in [3.05, 3.63) is 23.3 Å². The van der Waals surface area contributed by atoms with Crippen molar-refractivity contribution in [1.29, 1.82) is 0 Å². The van der Waals surface area contributed by atoms with E-state index >= 15 is 0 Å². The second-order valence-corrected chi connectivity index (χ2v) is 4.14. The third kappa shape index (κ3) is 3.37. The number of nitrogens with two attached hydrogens (primary N) is 1. The fraction of sp³-hybridized carbons (Fsp3) is 0.462. The molecule has 0 unspecified atom stereocenters. The van der Waals surface area contributed by atoms with Gasteiger partial charge in [-0.15, -0.1) is 0 Å². The number of benzene rings is 1. The molecule has 0 aliphatic heterocycles. The van der Waals surface area contributed by atoms with Crippen LogP contribution in [0.3, 0.4) is 0 Å². The summed E-state index contributed by atoms with van der Waals surface area (Å²) >= 11 is 0.